The number of amides is 2. The first-order valence-electron chi connectivity index (χ1n) is 9.18. The Morgan fingerprint density at radius 2 is 1.81 bits per heavy atom. The zero-order valence-electron chi connectivity index (χ0n) is 15.3. The molecule has 1 saturated heterocycles. The summed E-state index contributed by atoms with van der Waals surface area (Å²) in [5.74, 6) is 1.39. The zero-order chi connectivity index (χ0) is 18.3. The van der Waals surface area contributed by atoms with Gasteiger partial charge in [-0.2, -0.15) is 0 Å². The Balaban J connectivity index is 1.60. The molecule has 1 saturated carbocycles. The van der Waals surface area contributed by atoms with Crippen molar-refractivity contribution in [3.8, 4) is 5.75 Å². The van der Waals surface area contributed by atoms with Crippen molar-refractivity contribution in [1.29, 1.82) is 0 Å². The van der Waals surface area contributed by atoms with E-state index in [4.69, 9.17) is 10.5 Å². The third-order valence-electron chi connectivity index (χ3n) is 5.44. The van der Waals surface area contributed by atoms with E-state index in [2.05, 4.69) is 12.1 Å². The molecule has 0 radical (unpaired) electrons. The van der Waals surface area contributed by atoms with Gasteiger partial charge in [0.25, 0.3) is 0 Å². The Bertz CT molecular complexity index is 801. The molecule has 2 aromatic carbocycles. The van der Waals surface area contributed by atoms with Gasteiger partial charge in [-0.3, -0.25) is 4.90 Å². The van der Waals surface area contributed by atoms with Crippen LogP contribution < -0.4 is 15.4 Å². The number of benzene rings is 2. The fourth-order valence-electron chi connectivity index (χ4n) is 3.80. The summed E-state index contributed by atoms with van der Waals surface area (Å²) in [4.78, 5) is 16.8. The van der Waals surface area contributed by atoms with Crippen molar-refractivity contribution in [2.45, 2.75) is 37.9 Å². The summed E-state index contributed by atoms with van der Waals surface area (Å²) < 4.78 is 5.22. The van der Waals surface area contributed by atoms with Gasteiger partial charge in [0, 0.05) is 5.69 Å². The molecule has 4 rings (SSSR count). The molecule has 2 atom stereocenters. The molecule has 1 aliphatic heterocycles. The third kappa shape index (κ3) is 2.92. The minimum Gasteiger partial charge on any atom is -0.497 e. The van der Waals surface area contributed by atoms with Crippen LogP contribution >= 0.6 is 0 Å². The second-order valence-electron chi connectivity index (χ2n) is 7.15. The van der Waals surface area contributed by atoms with Crippen LogP contribution in [0.25, 0.3) is 0 Å². The van der Waals surface area contributed by atoms with Gasteiger partial charge in [0.15, 0.2) is 0 Å². The topological polar surface area (TPSA) is 58.8 Å². The molecular formula is C21H25N3O2. The van der Waals surface area contributed by atoms with Crippen LogP contribution in [0, 0.1) is 0 Å². The summed E-state index contributed by atoms with van der Waals surface area (Å²) in [5.41, 5.74) is 9.70. The molecule has 2 aliphatic rings. The molecule has 2 amide bonds. The lowest BCUT2D eigenvalue weighted by molar-refractivity contribution is 0.184. The molecule has 26 heavy (non-hydrogen) atoms. The van der Waals surface area contributed by atoms with Crippen LogP contribution in [0.1, 0.15) is 42.9 Å². The summed E-state index contributed by atoms with van der Waals surface area (Å²) in [6.07, 6.45) is 2.08. The SMILES string of the molecule is COc1ccc(C(C)N2C(=O)N(c3ccccc3C3CC3)CC2N)cc1. The highest BCUT2D eigenvalue weighted by atomic mass is 16.5. The second kappa shape index (κ2) is 6.65. The molecule has 2 N–H and O–H groups in total. The minimum absolute atomic E-state index is 0.0195. The van der Waals surface area contributed by atoms with E-state index in [9.17, 15) is 4.79 Å². The highest BCUT2D eigenvalue weighted by Crippen LogP contribution is 2.45. The summed E-state index contributed by atoms with van der Waals surface area (Å²) in [5, 5.41) is 0. The van der Waals surface area contributed by atoms with Crippen LogP contribution in [0.4, 0.5) is 10.5 Å². The van der Waals surface area contributed by atoms with Gasteiger partial charge in [-0.05, 0) is 55.0 Å². The van der Waals surface area contributed by atoms with E-state index in [0.29, 0.717) is 12.5 Å². The van der Waals surface area contributed by atoms with E-state index in [-0.39, 0.29) is 18.2 Å². The van der Waals surface area contributed by atoms with Crippen molar-refractivity contribution in [2.24, 2.45) is 5.73 Å². The summed E-state index contributed by atoms with van der Waals surface area (Å²) in [7, 11) is 1.65. The molecule has 0 bridgehead atoms. The first-order chi connectivity index (χ1) is 12.6. The number of hydrogen-bond acceptors (Lipinski definition) is 3. The lowest BCUT2D eigenvalue weighted by Crippen LogP contribution is -2.41. The average Bonchev–Trinajstić information content (AvgIpc) is 3.47. The van der Waals surface area contributed by atoms with Crippen molar-refractivity contribution in [3.05, 3.63) is 59.7 Å². The van der Waals surface area contributed by atoms with Crippen LogP contribution in [0.5, 0.6) is 5.75 Å². The van der Waals surface area contributed by atoms with Gasteiger partial charge in [0.1, 0.15) is 11.9 Å². The summed E-state index contributed by atoms with van der Waals surface area (Å²) in [6, 6.07) is 15.9. The number of carbonyl (C=O) groups excluding carboxylic acids is 1. The number of hydrogen-bond donors (Lipinski definition) is 1. The summed E-state index contributed by atoms with van der Waals surface area (Å²) >= 11 is 0. The van der Waals surface area contributed by atoms with E-state index in [1.807, 2.05) is 48.2 Å². The zero-order valence-corrected chi connectivity index (χ0v) is 15.3. The molecule has 1 aliphatic carbocycles. The highest BCUT2D eigenvalue weighted by molar-refractivity contribution is 5.95. The molecule has 2 aromatic rings. The largest absolute Gasteiger partial charge is 0.497 e. The molecule has 5 nitrogen and oxygen atoms in total. The second-order valence-corrected chi connectivity index (χ2v) is 7.15. The maximum Gasteiger partial charge on any atom is 0.326 e. The molecule has 1 heterocycles. The molecule has 2 unspecified atom stereocenters. The minimum atomic E-state index is -0.327. The van der Waals surface area contributed by atoms with Gasteiger partial charge in [0.05, 0.1) is 19.7 Å². The fourth-order valence-corrected chi connectivity index (χ4v) is 3.80. The number of rotatable bonds is 5. The van der Waals surface area contributed by atoms with Gasteiger partial charge in [-0.25, -0.2) is 4.79 Å². The number of anilines is 1. The maximum atomic E-state index is 13.2. The summed E-state index contributed by atoms with van der Waals surface area (Å²) in [6.45, 7) is 2.54. The number of nitrogens with zero attached hydrogens (tertiary/aromatic N) is 2. The Morgan fingerprint density at radius 3 is 2.46 bits per heavy atom. The Morgan fingerprint density at radius 1 is 1.12 bits per heavy atom. The monoisotopic (exact) mass is 351 g/mol. The average molecular weight is 351 g/mol. The smallest absolute Gasteiger partial charge is 0.326 e. The Hall–Kier alpha value is -2.53. The van der Waals surface area contributed by atoms with E-state index >= 15 is 0 Å². The van der Waals surface area contributed by atoms with E-state index < -0.39 is 0 Å². The van der Waals surface area contributed by atoms with E-state index in [1.165, 1.54) is 18.4 Å². The number of nitrogens with two attached hydrogens (primary N) is 1. The third-order valence-corrected chi connectivity index (χ3v) is 5.44. The van der Waals surface area contributed by atoms with Crippen molar-refractivity contribution in [2.75, 3.05) is 18.6 Å². The van der Waals surface area contributed by atoms with Crippen LogP contribution in [-0.4, -0.2) is 30.8 Å². The molecule has 5 heteroatoms. The van der Waals surface area contributed by atoms with E-state index in [1.54, 1.807) is 12.0 Å². The maximum absolute atomic E-state index is 13.2. The molecule has 2 fully saturated rings. The van der Waals surface area contributed by atoms with Crippen molar-refractivity contribution in [1.82, 2.24) is 4.90 Å². The molecule has 0 spiro atoms. The fraction of sp³-hybridized carbons (Fsp3) is 0.381. The lowest BCUT2D eigenvalue weighted by Gasteiger charge is -2.28. The molecule has 0 aromatic heterocycles. The van der Waals surface area contributed by atoms with Gasteiger partial charge >= 0.3 is 6.03 Å². The van der Waals surface area contributed by atoms with Crippen LogP contribution in [0.2, 0.25) is 0 Å². The van der Waals surface area contributed by atoms with Crippen molar-refractivity contribution < 1.29 is 9.53 Å². The number of methoxy groups -OCH3 is 1. The number of ether oxygens (including phenoxy) is 1. The van der Waals surface area contributed by atoms with E-state index in [0.717, 1.165) is 17.0 Å². The van der Waals surface area contributed by atoms with Crippen molar-refractivity contribution in [3.63, 3.8) is 0 Å². The number of urea groups is 1. The van der Waals surface area contributed by atoms with Crippen molar-refractivity contribution >= 4 is 11.7 Å². The predicted molar refractivity (Wildman–Crippen MR) is 102 cm³/mol. The van der Waals surface area contributed by atoms with Gasteiger partial charge in [0.2, 0.25) is 0 Å². The predicted octanol–water partition coefficient (Wildman–Crippen LogP) is 3.86. The Labute approximate surface area is 154 Å². The Kier molecular flexibility index (Phi) is 4.32. The lowest BCUT2D eigenvalue weighted by atomic mass is 10.1. The molecular weight excluding hydrogens is 326 g/mol. The normalized spacial score (nSPS) is 21.2. The van der Waals surface area contributed by atoms with Gasteiger partial charge in [-0.15, -0.1) is 0 Å². The van der Waals surface area contributed by atoms with Crippen LogP contribution in [0.3, 0.4) is 0 Å². The van der Waals surface area contributed by atoms with Crippen LogP contribution in [0.15, 0.2) is 48.5 Å². The number of para-hydroxylation sites is 1. The first kappa shape index (κ1) is 16.9. The highest BCUT2D eigenvalue weighted by Gasteiger charge is 2.41. The molecule has 136 valence electrons. The quantitative estimate of drug-likeness (QED) is 0.890. The van der Waals surface area contributed by atoms with Gasteiger partial charge < -0.3 is 15.4 Å². The standard InChI is InChI=1S/C21H25N3O2/c1-14(15-9-11-17(26-2)12-10-15)24-20(22)13-23(21(24)25)19-6-4-3-5-18(19)16-7-8-16/h3-6,9-12,14,16,20H,7-8,13,22H2,1-2H3. The number of carbonyl (C=O) groups is 1. The van der Waals surface area contributed by atoms with Gasteiger partial charge in [-0.1, -0.05) is 30.3 Å². The first-order valence-corrected chi connectivity index (χ1v) is 9.18. The van der Waals surface area contributed by atoms with Crippen LogP contribution in [-0.2, 0) is 0 Å².